The number of hydrogen-bond donors (Lipinski definition) is 1. The van der Waals surface area contributed by atoms with Gasteiger partial charge in [0.15, 0.2) is 0 Å². The number of hydrogen-bond acceptors (Lipinski definition) is 5. The van der Waals surface area contributed by atoms with Crippen molar-refractivity contribution in [2.75, 3.05) is 25.6 Å². The van der Waals surface area contributed by atoms with E-state index in [1.54, 1.807) is 13.8 Å². The summed E-state index contributed by atoms with van der Waals surface area (Å²) >= 11 is 0. The molecule has 2 atom stereocenters. The zero-order valence-corrected chi connectivity index (χ0v) is 13.6. The quantitative estimate of drug-likeness (QED) is 0.781. The normalized spacial score (nSPS) is 15.0. The number of benzene rings is 1. The lowest BCUT2D eigenvalue weighted by Gasteiger charge is -2.26. The molecule has 5 nitrogen and oxygen atoms in total. The van der Waals surface area contributed by atoms with Gasteiger partial charge in [-0.15, -0.1) is 0 Å². The second-order valence-electron chi connectivity index (χ2n) is 5.66. The van der Waals surface area contributed by atoms with Gasteiger partial charge in [-0.05, 0) is 32.9 Å². The van der Waals surface area contributed by atoms with Gasteiger partial charge in [-0.25, -0.2) is 0 Å². The fraction of sp³-hybridized carbons (Fsp3) is 0.562. The van der Waals surface area contributed by atoms with Crippen LogP contribution in [0, 0.1) is 0 Å². The number of anilines is 1. The van der Waals surface area contributed by atoms with Gasteiger partial charge in [0.1, 0.15) is 11.3 Å². The van der Waals surface area contributed by atoms with Crippen LogP contribution in [0.4, 0.5) is 5.69 Å². The van der Waals surface area contributed by atoms with E-state index in [1.807, 2.05) is 50.2 Å². The summed E-state index contributed by atoms with van der Waals surface area (Å²) in [4.78, 5) is 13.8. The van der Waals surface area contributed by atoms with Crippen LogP contribution in [0.1, 0.15) is 27.2 Å². The van der Waals surface area contributed by atoms with Crippen LogP contribution in [0.15, 0.2) is 24.3 Å². The summed E-state index contributed by atoms with van der Waals surface area (Å²) in [5, 5.41) is 0. The van der Waals surface area contributed by atoms with Gasteiger partial charge in [0.05, 0.1) is 12.7 Å². The van der Waals surface area contributed by atoms with E-state index in [1.165, 1.54) is 0 Å². The number of nitrogens with two attached hydrogens (primary N) is 1. The molecule has 0 aliphatic rings. The van der Waals surface area contributed by atoms with Gasteiger partial charge >= 0.3 is 5.97 Å². The molecule has 0 saturated heterocycles. The molecular weight excluding hydrogens is 268 g/mol. The van der Waals surface area contributed by atoms with E-state index in [9.17, 15) is 4.79 Å². The fourth-order valence-electron chi connectivity index (χ4n) is 2.09. The molecule has 0 bridgehead atoms. The van der Waals surface area contributed by atoms with Crippen LogP contribution in [0.5, 0.6) is 5.75 Å². The highest BCUT2D eigenvalue weighted by Crippen LogP contribution is 2.22. The largest absolute Gasteiger partial charge is 0.491 e. The highest BCUT2D eigenvalue weighted by molar-refractivity contribution is 5.80. The van der Waals surface area contributed by atoms with Gasteiger partial charge in [0.2, 0.25) is 0 Å². The Kier molecular flexibility index (Phi) is 6.03. The average molecular weight is 294 g/mol. The number of carbonyl (C=O) groups is 1. The third-order valence-corrected chi connectivity index (χ3v) is 3.12. The SMILES string of the molecule is CCOC(=O)C(C)(N)CC(C)Oc1cccc(N(C)C)c1. The summed E-state index contributed by atoms with van der Waals surface area (Å²) < 4.78 is 10.8. The zero-order valence-electron chi connectivity index (χ0n) is 13.6. The second kappa shape index (κ2) is 7.31. The maximum absolute atomic E-state index is 11.8. The summed E-state index contributed by atoms with van der Waals surface area (Å²) in [6.07, 6.45) is 0.194. The van der Waals surface area contributed by atoms with Crippen molar-refractivity contribution in [2.45, 2.75) is 38.8 Å². The zero-order chi connectivity index (χ0) is 16.0. The van der Waals surface area contributed by atoms with Crippen molar-refractivity contribution in [3.05, 3.63) is 24.3 Å². The van der Waals surface area contributed by atoms with Crippen LogP contribution < -0.4 is 15.4 Å². The first kappa shape index (κ1) is 17.3. The molecule has 2 unspecified atom stereocenters. The highest BCUT2D eigenvalue weighted by atomic mass is 16.5. The molecule has 0 aliphatic heterocycles. The average Bonchev–Trinajstić information content (AvgIpc) is 2.38. The number of rotatable bonds is 7. The van der Waals surface area contributed by atoms with Crippen molar-refractivity contribution >= 4 is 11.7 Å². The molecule has 5 heteroatoms. The molecular formula is C16H26N2O3. The van der Waals surface area contributed by atoms with Gasteiger partial charge in [0.25, 0.3) is 0 Å². The monoisotopic (exact) mass is 294 g/mol. The lowest BCUT2D eigenvalue weighted by Crippen LogP contribution is -2.49. The molecule has 21 heavy (non-hydrogen) atoms. The summed E-state index contributed by atoms with van der Waals surface area (Å²) in [7, 11) is 3.94. The Morgan fingerprint density at radius 1 is 1.43 bits per heavy atom. The third kappa shape index (κ3) is 5.27. The van der Waals surface area contributed by atoms with Crippen LogP contribution in [-0.4, -0.2) is 38.3 Å². The van der Waals surface area contributed by atoms with E-state index in [4.69, 9.17) is 15.2 Å². The second-order valence-corrected chi connectivity index (χ2v) is 5.66. The van der Waals surface area contributed by atoms with E-state index in [-0.39, 0.29) is 6.10 Å². The standard InChI is InChI=1S/C16H26N2O3/c1-6-20-15(19)16(3,17)11-12(2)21-14-9-7-8-13(10-14)18(4)5/h7-10,12H,6,11,17H2,1-5H3. The smallest absolute Gasteiger partial charge is 0.325 e. The number of nitrogens with zero attached hydrogens (tertiary/aromatic N) is 1. The number of esters is 1. The van der Waals surface area contributed by atoms with Crippen molar-refractivity contribution < 1.29 is 14.3 Å². The van der Waals surface area contributed by atoms with Crippen LogP contribution in [0.3, 0.4) is 0 Å². The summed E-state index contributed by atoms with van der Waals surface area (Å²) in [6.45, 7) is 5.65. The Hall–Kier alpha value is -1.75. The predicted octanol–water partition coefficient (Wildman–Crippen LogP) is 2.19. The number of ether oxygens (including phenoxy) is 2. The molecule has 0 saturated carbocycles. The van der Waals surface area contributed by atoms with E-state index in [2.05, 4.69) is 0 Å². The van der Waals surface area contributed by atoms with E-state index >= 15 is 0 Å². The number of carbonyl (C=O) groups excluding carboxylic acids is 1. The Morgan fingerprint density at radius 2 is 2.10 bits per heavy atom. The first-order valence-corrected chi connectivity index (χ1v) is 7.16. The van der Waals surface area contributed by atoms with Crippen LogP contribution in [0.25, 0.3) is 0 Å². The van der Waals surface area contributed by atoms with Crippen LogP contribution in [-0.2, 0) is 9.53 Å². The molecule has 0 fully saturated rings. The van der Waals surface area contributed by atoms with E-state index in [0.29, 0.717) is 13.0 Å². The molecule has 0 spiro atoms. The fourth-order valence-corrected chi connectivity index (χ4v) is 2.09. The van der Waals surface area contributed by atoms with Gasteiger partial charge in [-0.1, -0.05) is 6.07 Å². The van der Waals surface area contributed by atoms with Crippen LogP contribution in [0.2, 0.25) is 0 Å². The molecule has 0 amide bonds. The molecule has 0 aromatic heterocycles. The molecule has 0 radical (unpaired) electrons. The minimum Gasteiger partial charge on any atom is -0.491 e. The first-order valence-electron chi connectivity index (χ1n) is 7.16. The van der Waals surface area contributed by atoms with Gasteiger partial charge < -0.3 is 20.1 Å². The summed E-state index contributed by atoms with van der Waals surface area (Å²) in [6, 6.07) is 7.78. The predicted molar refractivity (Wildman–Crippen MR) is 84.7 cm³/mol. The molecule has 2 N–H and O–H groups in total. The minimum atomic E-state index is -1.05. The molecule has 118 valence electrons. The molecule has 0 heterocycles. The highest BCUT2D eigenvalue weighted by Gasteiger charge is 2.32. The molecule has 1 rings (SSSR count). The van der Waals surface area contributed by atoms with Crippen molar-refractivity contribution in [2.24, 2.45) is 5.73 Å². The maximum atomic E-state index is 11.8. The molecule has 1 aromatic carbocycles. The molecule has 0 aliphatic carbocycles. The molecule has 1 aromatic rings. The minimum absolute atomic E-state index is 0.193. The first-order chi connectivity index (χ1) is 9.76. The Labute approximate surface area is 127 Å². The van der Waals surface area contributed by atoms with Gasteiger partial charge in [-0.2, -0.15) is 0 Å². The Bertz CT molecular complexity index is 472. The lowest BCUT2D eigenvalue weighted by molar-refractivity contribution is -0.149. The lowest BCUT2D eigenvalue weighted by atomic mass is 9.96. The Morgan fingerprint density at radius 3 is 2.67 bits per heavy atom. The van der Waals surface area contributed by atoms with Crippen LogP contribution >= 0.6 is 0 Å². The van der Waals surface area contributed by atoms with E-state index in [0.717, 1.165) is 11.4 Å². The maximum Gasteiger partial charge on any atom is 0.325 e. The third-order valence-electron chi connectivity index (χ3n) is 3.12. The van der Waals surface area contributed by atoms with Gasteiger partial charge in [-0.3, -0.25) is 4.79 Å². The van der Waals surface area contributed by atoms with Crippen molar-refractivity contribution in [1.29, 1.82) is 0 Å². The summed E-state index contributed by atoms with van der Waals surface area (Å²) in [5.41, 5.74) is 6.03. The Balaban J connectivity index is 2.67. The topological polar surface area (TPSA) is 64.8 Å². The van der Waals surface area contributed by atoms with Crippen molar-refractivity contribution in [3.63, 3.8) is 0 Å². The van der Waals surface area contributed by atoms with E-state index < -0.39 is 11.5 Å². The van der Waals surface area contributed by atoms with Gasteiger partial charge in [0, 0.05) is 32.3 Å². The van der Waals surface area contributed by atoms with Crippen molar-refractivity contribution in [3.8, 4) is 5.75 Å². The van der Waals surface area contributed by atoms with Crippen molar-refractivity contribution in [1.82, 2.24) is 0 Å². The summed E-state index contributed by atoms with van der Waals surface area (Å²) in [5.74, 6) is 0.357.